The molecule has 0 saturated heterocycles. The van der Waals surface area contributed by atoms with E-state index in [9.17, 15) is 9.59 Å². The SMILES string of the molecule is N[C@H](C(=O)Nc1ccc(Br)c(C(=O)O)c1)c1ccccc1. The molecule has 2 aromatic rings. The van der Waals surface area contributed by atoms with Crippen molar-refractivity contribution in [2.24, 2.45) is 5.73 Å². The third kappa shape index (κ3) is 3.68. The number of hydrogen-bond acceptors (Lipinski definition) is 3. The van der Waals surface area contributed by atoms with Gasteiger partial charge in [-0.1, -0.05) is 30.3 Å². The molecule has 5 nitrogen and oxygen atoms in total. The van der Waals surface area contributed by atoms with Crippen molar-refractivity contribution in [2.45, 2.75) is 6.04 Å². The van der Waals surface area contributed by atoms with Gasteiger partial charge in [0.05, 0.1) is 5.56 Å². The van der Waals surface area contributed by atoms with Crippen LogP contribution in [0.15, 0.2) is 53.0 Å². The molecule has 0 fully saturated rings. The van der Waals surface area contributed by atoms with Gasteiger partial charge in [0.25, 0.3) is 0 Å². The van der Waals surface area contributed by atoms with Crippen LogP contribution in [-0.4, -0.2) is 17.0 Å². The first-order valence-electron chi connectivity index (χ1n) is 6.13. The lowest BCUT2D eigenvalue weighted by molar-refractivity contribution is -0.117. The Balaban J connectivity index is 2.16. The van der Waals surface area contributed by atoms with E-state index in [4.69, 9.17) is 10.8 Å². The standard InChI is InChI=1S/C15H13BrN2O3/c16-12-7-6-10(8-11(12)15(20)21)18-14(19)13(17)9-4-2-1-3-5-9/h1-8,13H,17H2,(H,18,19)(H,20,21)/t13-/m0/s1. The molecule has 108 valence electrons. The number of aromatic carboxylic acids is 1. The van der Waals surface area contributed by atoms with E-state index in [1.165, 1.54) is 6.07 Å². The van der Waals surface area contributed by atoms with E-state index in [0.717, 1.165) is 0 Å². The second-order valence-electron chi connectivity index (χ2n) is 4.38. The fraction of sp³-hybridized carbons (Fsp3) is 0.0667. The van der Waals surface area contributed by atoms with Crippen LogP contribution in [0.5, 0.6) is 0 Å². The third-order valence-electron chi connectivity index (χ3n) is 2.91. The molecule has 0 saturated carbocycles. The van der Waals surface area contributed by atoms with Crippen LogP contribution in [0.3, 0.4) is 0 Å². The van der Waals surface area contributed by atoms with Gasteiger partial charge in [-0.05, 0) is 39.7 Å². The van der Waals surface area contributed by atoms with Gasteiger partial charge in [0.2, 0.25) is 5.91 Å². The molecule has 0 heterocycles. The Bertz CT molecular complexity index is 674. The van der Waals surface area contributed by atoms with E-state index in [1.807, 2.05) is 6.07 Å². The van der Waals surface area contributed by atoms with Gasteiger partial charge < -0.3 is 16.2 Å². The van der Waals surface area contributed by atoms with E-state index < -0.39 is 17.9 Å². The van der Waals surface area contributed by atoms with Crippen LogP contribution < -0.4 is 11.1 Å². The lowest BCUT2D eigenvalue weighted by Crippen LogP contribution is -2.27. The minimum Gasteiger partial charge on any atom is -0.478 e. The smallest absolute Gasteiger partial charge is 0.336 e. The van der Waals surface area contributed by atoms with Crippen molar-refractivity contribution >= 4 is 33.5 Å². The summed E-state index contributed by atoms with van der Waals surface area (Å²) in [6.07, 6.45) is 0. The van der Waals surface area contributed by atoms with Gasteiger partial charge in [-0.3, -0.25) is 4.79 Å². The van der Waals surface area contributed by atoms with E-state index in [-0.39, 0.29) is 5.56 Å². The Labute approximate surface area is 129 Å². The molecule has 21 heavy (non-hydrogen) atoms. The molecule has 0 unspecified atom stereocenters. The van der Waals surface area contributed by atoms with Crippen molar-refractivity contribution in [3.8, 4) is 0 Å². The summed E-state index contributed by atoms with van der Waals surface area (Å²) in [6, 6.07) is 12.7. The average molecular weight is 349 g/mol. The lowest BCUT2D eigenvalue weighted by atomic mass is 10.1. The molecule has 0 bridgehead atoms. The minimum absolute atomic E-state index is 0.0704. The van der Waals surface area contributed by atoms with E-state index >= 15 is 0 Å². The number of benzene rings is 2. The van der Waals surface area contributed by atoms with Crippen LogP contribution in [-0.2, 0) is 4.79 Å². The van der Waals surface area contributed by atoms with E-state index in [2.05, 4.69) is 21.2 Å². The zero-order valence-electron chi connectivity index (χ0n) is 10.9. The number of carbonyl (C=O) groups excluding carboxylic acids is 1. The zero-order valence-corrected chi connectivity index (χ0v) is 12.5. The number of anilines is 1. The van der Waals surface area contributed by atoms with Gasteiger partial charge in [0.15, 0.2) is 0 Å². The summed E-state index contributed by atoms with van der Waals surface area (Å²) in [5, 5.41) is 11.7. The summed E-state index contributed by atoms with van der Waals surface area (Å²) in [5.41, 5.74) is 7.01. The zero-order chi connectivity index (χ0) is 15.4. The maximum absolute atomic E-state index is 12.1. The number of hydrogen-bond donors (Lipinski definition) is 3. The molecule has 0 radical (unpaired) electrons. The number of halogens is 1. The first-order valence-corrected chi connectivity index (χ1v) is 6.92. The first-order chi connectivity index (χ1) is 9.99. The molecule has 1 amide bonds. The molecule has 0 aliphatic rings. The number of nitrogens with two attached hydrogens (primary N) is 1. The summed E-state index contributed by atoms with van der Waals surface area (Å²) in [4.78, 5) is 23.1. The molecule has 1 atom stereocenters. The quantitative estimate of drug-likeness (QED) is 0.791. The summed E-state index contributed by atoms with van der Waals surface area (Å²) < 4.78 is 0.445. The topological polar surface area (TPSA) is 92.4 Å². The first kappa shape index (κ1) is 15.2. The third-order valence-corrected chi connectivity index (χ3v) is 3.60. The maximum Gasteiger partial charge on any atom is 0.336 e. The summed E-state index contributed by atoms with van der Waals surface area (Å²) in [7, 11) is 0. The molecule has 2 rings (SSSR count). The molecular weight excluding hydrogens is 336 g/mol. The monoisotopic (exact) mass is 348 g/mol. The van der Waals surface area contributed by atoms with Gasteiger partial charge in [-0.15, -0.1) is 0 Å². The maximum atomic E-state index is 12.1. The van der Waals surface area contributed by atoms with Gasteiger partial charge in [0, 0.05) is 10.2 Å². The van der Waals surface area contributed by atoms with Gasteiger partial charge in [-0.2, -0.15) is 0 Å². The Kier molecular flexibility index (Phi) is 4.72. The fourth-order valence-electron chi connectivity index (χ4n) is 1.80. The molecular formula is C15H13BrN2O3. The molecule has 0 aliphatic heterocycles. The summed E-state index contributed by atoms with van der Waals surface area (Å²) in [6.45, 7) is 0. The van der Waals surface area contributed by atoms with Crippen LogP contribution in [0.1, 0.15) is 22.0 Å². The predicted octanol–water partition coefficient (Wildman–Crippen LogP) is 2.79. The van der Waals surface area contributed by atoms with E-state index in [0.29, 0.717) is 15.7 Å². The van der Waals surface area contributed by atoms with Crippen LogP contribution in [0.2, 0.25) is 0 Å². The number of nitrogens with one attached hydrogen (secondary N) is 1. The highest BCUT2D eigenvalue weighted by atomic mass is 79.9. The van der Waals surface area contributed by atoms with Crippen molar-refractivity contribution in [1.82, 2.24) is 0 Å². The lowest BCUT2D eigenvalue weighted by Gasteiger charge is -2.13. The second kappa shape index (κ2) is 6.51. The summed E-state index contributed by atoms with van der Waals surface area (Å²) in [5.74, 6) is -1.48. The largest absolute Gasteiger partial charge is 0.478 e. The highest BCUT2D eigenvalue weighted by Gasteiger charge is 2.16. The minimum atomic E-state index is -1.08. The Hall–Kier alpha value is -2.18. The number of carboxylic acids is 1. The average Bonchev–Trinajstić information content (AvgIpc) is 2.49. The number of carbonyl (C=O) groups is 2. The van der Waals surface area contributed by atoms with Crippen molar-refractivity contribution in [2.75, 3.05) is 5.32 Å². The van der Waals surface area contributed by atoms with Gasteiger partial charge in [0.1, 0.15) is 6.04 Å². The number of amides is 1. The number of carboxylic acid groups (broad SMARTS) is 1. The van der Waals surface area contributed by atoms with Crippen LogP contribution in [0, 0.1) is 0 Å². The van der Waals surface area contributed by atoms with Gasteiger partial charge >= 0.3 is 5.97 Å². The molecule has 0 aromatic heterocycles. The normalized spacial score (nSPS) is 11.7. The number of rotatable bonds is 4. The molecule has 6 heteroatoms. The van der Waals surface area contributed by atoms with Crippen molar-refractivity contribution < 1.29 is 14.7 Å². The molecule has 2 aromatic carbocycles. The van der Waals surface area contributed by atoms with Crippen LogP contribution in [0.25, 0.3) is 0 Å². The Morgan fingerprint density at radius 2 is 1.81 bits per heavy atom. The molecule has 4 N–H and O–H groups in total. The second-order valence-corrected chi connectivity index (χ2v) is 5.23. The van der Waals surface area contributed by atoms with Crippen LogP contribution in [0.4, 0.5) is 5.69 Å². The Morgan fingerprint density at radius 1 is 1.14 bits per heavy atom. The van der Waals surface area contributed by atoms with Crippen LogP contribution >= 0.6 is 15.9 Å². The highest BCUT2D eigenvalue weighted by molar-refractivity contribution is 9.10. The summed E-state index contributed by atoms with van der Waals surface area (Å²) >= 11 is 3.14. The van der Waals surface area contributed by atoms with Crippen molar-refractivity contribution in [3.05, 3.63) is 64.1 Å². The molecule has 0 aliphatic carbocycles. The molecule has 0 spiro atoms. The van der Waals surface area contributed by atoms with Crippen molar-refractivity contribution in [1.29, 1.82) is 0 Å². The fourth-order valence-corrected chi connectivity index (χ4v) is 2.21. The van der Waals surface area contributed by atoms with Gasteiger partial charge in [-0.25, -0.2) is 4.79 Å². The van der Waals surface area contributed by atoms with E-state index in [1.54, 1.807) is 36.4 Å². The Morgan fingerprint density at radius 3 is 2.43 bits per heavy atom. The highest BCUT2D eigenvalue weighted by Crippen LogP contribution is 2.22. The van der Waals surface area contributed by atoms with Crippen molar-refractivity contribution in [3.63, 3.8) is 0 Å². The predicted molar refractivity (Wildman–Crippen MR) is 83.1 cm³/mol.